The quantitative estimate of drug-likeness (QED) is 0.619. The van der Waals surface area contributed by atoms with Gasteiger partial charge in [0.1, 0.15) is 6.04 Å². The first-order valence-electron chi connectivity index (χ1n) is 9.56. The first kappa shape index (κ1) is 22.8. The molecule has 1 unspecified atom stereocenters. The fourth-order valence-corrected chi connectivity index (χ4v) is 6.93. The molecule has 0 spiro atoms. The van der Waals surface area contributed by atoms with Crippen LogP contribution in [0.1, 0.15) is 19.3 Å². The zero-order valence-corrected chi connectivity index (χ0v) is 18.8. The number of hydrogen-bond donors (Lipinski definition) is 0. The van der Waals surface area contributed by atoms with E-state index < -0.39 is 16.1 Å². The Morgan fingerprint density at radius 3 is 2.41 bits per heavy atom. The van der Waals surface area contributed by atoms with Crippen LogP contribution in [0, 0.1) is 5.92 Å². The molecule has 2 bridgehead atoms. The van der Waals surface area contributed by atoms with Crippen molar-refractivity contribution in [3.8, 4) is 0 Å². The first-order chi connectivity index (χ1) is 13.8. The average molecular weight is 465 g/mol. The van der Waals surface area contributed by atoms with Gasteiger partial charge in [0.15, 0.2) is 0 Å². The maximum Gasteiger partial charge on any atom is 0.244 e. The van der Waals surface area contributed by atoms with E-state index in [1.54, 1.807) is 19.1 Å². The summed E-state index contributed by atoms with van der Waals surface area (Å²) in [5.41, 5.74) is 0. The van der Waals surface area contributed by atoms with Gasteiger partial charge >= 0.3 is 0 Å². The second-order valence-corrected chi connectivity index (χ2v) is 10.2. The third-order valence-electron chi connectivity index (χ3n) is 5.56. The number of fused-ring (bicyclic) bond motifs is 2. The minimum absolute atomic E-state index is 0.00112. The van der Waals surface area contributed by atoms with Gasteiger partial charge in [0.25, 0.3) is 0 Å². The van der Waals surface area contributed by atoms with Crippen LogP contribution in [0.3, 0.4) is 0 Å². The normalized spacial score (nSPS) is 25.9. The number of hydrogen-bond acceptors (Lipinski definition) is 5. The fourth-order valence-electron chi connectivity index (χ4n) is 4.31. The van der Waals surface area contributed by atoms with Crippen LogP contribution >= 0.6 is 23.2 Å². The molecule has 29 heavy (non-hydrogen) atoms. The highest BCUT2D eigenvalue weighted by Crippen LogP contribution is 2.38. The number of carbonyl (C=O) groups is 1. The van der Waals surface area contributed by atoms with E-state index in [-0.39, 0.29) is 32.8 Å². The number of ether oxygens (including phenoxy) is 2. The van der Waals surface area contributed by atoms with Gasteiger partial charge in [-0.25, -0.2) is 8.42 Å². The van der Waals surface area contributed by atoms with Crippen molar-refractivity contribution in [3.63, 3.8) is 0 Å². The van der Waals surface area contributed by atoms with Crippen molar-refractivity contribution >= 4 is 39.1 Å². The third-order valence-corrected chi connectivity index (χ3v) is 7.91. The molecule has 10 heteroatoms. The highest BCUT2D eigenvalue weighted by atomic mass is 35.5. The van der Waals surface area contributed by atoms with Crippen LogP contribution in [0.2, 0.25) is 10.0 Å². The van der Waals surface area contributed by atoms with Gasteiger partial charge in [-0.3, -0.25) is 4.79 Å². The fraction of sp³-hybridized carbons (Fsp3) is 0.632. The topological polar surface area (TPSA) is 76.2 Å². The Bertz CT molecular complexity index is 831. The lowest BCUT2D eigenvalue weighted by Crippen LogP contribution is -2.55. The molecule has 2 fully saturated rings. The van der Waals surface area contributed by atoms with E-state index in [2.05, 4.69) is 0 Å². The number of nitrogens with zero attached hydrogens (tertiary/aromatic N) is 2. The van der Waals surface area contributed by atoms with Crippen molar-refractivity contribution in [3.05, 3.63) is 28.2 Å². The number of amides is 1. The van der Waals surface area contributed by atoms with E-state index in [0.717, 1.165) is 6.42 Å². The second-order valence-electron chi connectivity index (χ2n) is 7.45. The summed E-state index contributed by atoms with van der Waals surface area (Å²) >= 11 is 12.1. The summed E-state index contributed by atoms with van der Waals surface area (Å²) < 4.78 is 39.2. The van der Waals surface area contributed by atoms with Crippen LogP contribution in [0.5, 0.6) is 0 Å². The van der Waals surface area contributed by atoms with Crippen LogP contribution in [-0.4, -0.2) is 76.1 Å². The molecule has 1 amide bonds. The Morgan fingerprint density at radius 1 is 1.10 bits per heavy atom. The predicted octanol–water partition coefficient (Wildman–Crippen LogP) is 2.66. The Labute approximate surface area is 181 Å². The van der Waals surface area contributed by atoms with Gasteiger partial charge in [0, 0.05) is 49.3 Å². The van der Waals surface area contributed by atoms with E-state index in [9.17, 15) is 13.2 Å². The van der Waals surface area contributed by atoms with E-state index in [1.807, 2.05) is 0 Å². The summed E-state index contributed by atoms with van der Waals surface area (Å²) in [6.07, 6.45) is 1.93. The summed E-state index contributed by atoms with van der Waals surface area (Å²) in [4.78, 5) is 15.0. The van der Waals surface area contributed by atoms with Gasteiger partial charge in [-0.2, -0.15) is 4.31 Å². The third kappa shape index (κ3) is 4.73. The Hall–Kier alpha value is -0.900. The zero-order valence-electron chi connectivity index (χ0n) is 16.5. The van der Waals surface area contributed by atoms with Crippen LogP contribution in [0.4, 0.5) is 0 Å². The number of sulfonamides is 1. The highest BCUT2D eigenvalue weighted by Gasteiger charge is 2.50. The van der Waals surface area contributed by atoms with Crippen molar-refractivity contribution in [2.75, 3.05) is 40.5 Å². The number of halogens is 2. The molecule has 1 aromatic carbocycles. The maximum absolute atomic E-state index is 13.6. The van der Waals surface area contributed by atoms with Crippen LogP contribution in [-0.2, 0) is 24.3 Å². The smallest absolute Gasteiger partial charge is 0.244 e. The Kier molecular flexibility index (Phi) is 7.46. The zero-order chi connectivity index (χ0) is 21.2. The molecule has 162 valence electrons. The minimum Gasteiger partial charge on any atom is -0.384 e. The summed E-state index contributed by atoms with van der Waals surface area (Å²) in [5, 5.41) is 0.468. The van der Waals surface area contributed by atoms with E-state index in [0.29, 0.717) is 39.1 Å². The Morgan fingerprint density at radius 2 is 1.79 bits per heavy atom. The molecular formula is C19H26Cl2N2O5S. The maximum atomic E-state index is 13.6. The predicted molar refractivity (Wildman–Crippen MR) is 111 cm³/mol. The number of carbonyl (C=O) groups excluding carboxylic acids is 1. The molecule has 2 aliphatic heterocycles. The molecule has 0 radical (unpaired) electrons. The van der Waals surface area contributed by atoms with Crippen LogP contribution in [0.15, 0.2) is 23.1 Å². The Balaban J connectivity index is 2.07. The van der Waals surface area contributed by atoms with E-state index in [4.69, 9.17) is 32.7 Å². The molecule has 3 atom stereocenters. The lowest BCUT2D eigenvalue weighted by atomic mass is 9.91. The largest absolute Gasteiger partial charge is 0.384 e. The van der Waals surface area contributed by atoms with Gasteiger partial charge in [-0.15, -0.1) is 0 Å². The summed E-state index contributed by atoms with van der Waals surface area (Å²) in [7, 11) is -0.826. The molecule has 0 saturated carbocycles. The molecule has 0 aliphatic carbocycles. The van der Waals surface area contributed by atoms with Crippen molar-refractivity contribution < 1.29 is 22.7 Å². The van der Waals surface area contributed by atoms with Crippen molar-refractivity contribution in [2.24, 2.45) is 5.92 Å². The van der Waals surface area contributed by atoms with E-state index in [1.165, 1.54) is 22.5 Å². The molecule has 3 rings (SSSR count). The number of methoxy groups -OCH3 is 2. The molecule has 0 aromatic heterocycles. The second kappa shape index (κ2) is 9.49. The number of benzene rings is 1. The van der Waals surface area contributed by atoms with Gasteiger partial charge < -0.3 is 14.4 Å². The standard InChI is InChI=1S/C19H26Cl2N2O5S/c1-27-7-6-22-11-13(12-28-2)17-4-3-5-18(19(22)24)23(17)29(25,26)16-9-14(20)8-15(21)10-16/h8-10,13,17-18H,3-7,11-12H2,1-2H3/t13-,17+,18?/m1/s1. The molecule has 2 aliphatic rings. The lowest BCUT2D eigenvalue weighted by molar-refractivity contribution is -0.135. The lowest BCUT2D eigenvalue weighted by Gasteiger charge is -2.40. The van der Waals surface area contributed by atoms with E-state index >= 15 is 0 Å². The summed E-state index contributed by atoms with van der Waals surface area (Å²) in [6, 6.07) is 3.14. The number of rotatable bonds is 7. The highest BCUT2D eigenvalue weighted by molar-refractivity contribution is 7.89. The summed E-state index contributed by atoms with van der Waals surface area (Å²) in [6.45, 7) is 1.59. The summed E-state index contributed by atoms with van der Waals surface area (Å²) in [5.74, 6) is -0.336. The molecule has 2 saturated heterocycles. The van der Waals surface area contributed by atoms with Gasteiger partial charge in [0.2, 0.25) is 15.9 Å². The van der Waals surface area contributed by atoms with Crippen molar-refractivity contribution in [1.82, 2.24) is 9.21 Å². The minimum atomic E-state index is -3.99. The first-order valence-corrected chi connectivity index (χ1v) is 11.8. The molecular weight excluding hydrogens is 439 g/mol. The van der Waals surface area contributed by atoms with Gasteiger partial charge in [-0.05, 0) is 37.5 Å². The molecule has 1 aromatic rings. The van der Waals surface area contributed by atoms with Crippen molar-refractivity contribution in [2.45, 2.75) is 36.2 Å². The van der Waals surface area contributed by atoms with Crippen LogP contribution in [0.25, 0.3) is 0 Å². The SMILES string of the molecule is COCCN1C[C@H](COC)[C@@H]2CCCC(C1=O)N2S(=O)(=O)c1cc(Cl)cc(Cl)c1. The average Bonchev–Trinajstić information content (AvgIpc) is 2.74. The molecule has 2 heterocycles. The molecule has 0 N–H and O–H groups in total. The van der Waals surface area contributed by atoms with Crippen LogP contribution < -0.4 is 0 Å². The monoisotopic (exact) mass is 464 g/mol. The van der Waals surface area contributed by atoms with Gasteiger partial charge in [0.05, 0.1) is 18.1 Å². The van der Waals surface area contributed by atoms with Crippen molar-refractivity contribution in [1.29, 1.82) is 0 Å². The number of piperidine rings is 1. The molecule has 7 nitrogen and oxygen atoms in total. The van der Waals surface area contributed by atoms with Gasteiger partial charge in [-0.1, -0.05) is 23.2 Å².